The van der Waals surface area contributed by atoms with Gasteiger partial charge in [-0.25, -0.2) is 0 Å². The van der Waals surface area contributed by atoms with Crippen molar-refractivity contribution < 1.29 is 9.53 Å². The number of halogens is 1. The van der Waals surface area contributed by atoms with Crippen molar-refractivity contribution in [3.63, 3.8) is 0 Å². The highest BCUT2D eigenvalue weighted by molar-refractivity contribution is 9.11. The van der Waals surface area contributed by atoms with E-state index >= 15 is 0 Å². The topological polar surface area (TPSA) is 26.3 Å². The molecule has 0 aliphatic rings. The summed E-state index contributed by atoms with van der Waals surface area (Å²) in [5.74, 6) is -0.282. The number of hydrogen-bond acceptors (Lipinski definition) is 2. The van der Waals surface area contributed by atoms with E-state index in [0.717, 1.165) is 0 Å². The van der Waals surface area contributed by atoms with E-state index in [1.165, 1.54) is 6.08 Å². The maximum absolute atomic E-state index is 10.6. The summed E-state index contributed by atoms with van der Waals surface area (Å²) in [6, 6.07) is 0. The first-order valence-corrected chi connectivity index (χ1v) is 3.56. The lowest BCUT2D eigenvalue weighted by Gasteiger charge is -1.99. The Morgan fingerprint density at radius 3 is 2.70 bits per heavy atom. The summed E-state index contributed by atoms with van der Waals surface area (Å²) >= 11 is 3.06. The van der Waals surface area contributed by atoms with Crippen LogP contribution in [0.4, 0.5) is 0 Å². The molecule has 0 saturated carbocycles. The van der Waals surface area contributed by atoms with Crippen LogP contribution in [-0.4, -0.2) is 12.6 Å². The predicted molar refractivity (Wildman–Crippen MR) is 43.8 cm³/mol. The van der Waals surface area contributed by atoms with Crippen LogP contribution < -0.4 is 0 Å². The lowest BCUT2D eigenvalue weighted by atomic mass is 10.4. The zero-order chi connectivity index (χ0) is 7.98. The zero-order valence-electron chi connectivity index (χ0n) is 5.60. The van der Waals surface area contributed by atoms with Crippen LogP contribution in [-0.2, 0) is 9.53 Å². The fraction of sp³-hybridized carbons (Fsp3) is 0.286. The van der Waals surface area contributed by atoms with E-state index in [2.05, 4.69) is 33.8 Å². The van der Waals surface area contributed by atoms with Gasteiger partial charge < -0.3 is 4.74 Å². The average Bonchev–Trinajstić information content (AvgIpc) is 1.85. The highest BCUT2D eigenvalue weighted by atomic mass is 79.9. The minimum atomic E-state index is -0.282. The van der Waals surface area contributed by atoms with Gasteiger partial charge in [-0.3, -0.25) is 4.79 Å². The van der Waals surface area contributed by atoms with Gasteiger partial charge in [-0.1, -0.05) is 28.6 Å². The molecule has 0 spiro atoms. The van der Waals surface area contributed by atoms with Crippen LogP contribution in [0.25, 0.3) is 0 Å². The van der Waals surface area contributed by atoms with Crippen molar-refractivity contribution in [2.75, 3.05) is 6.61 Å². The van der Waals surface area contributed by atoms with Gasteiger partial charge in [0.2, 0.25) is 0 Å². The van der Waals surface area contributed by atoms with Gasteiger partial charge in [-0.2, -0.15) is 0 Å². The lowest BCUT2D eigenvalue weighted by Crippen LogP contribution is -2.03. The Morgan fingerprint density at radius 2 is 2.30 bits per heavy atom. The Labute approximate surface area is 68.7 Å². The first-order valence-electron chi connectivity index (χ1n) is 2.76. The maximum Gasteiger partial charge on any atom is 0.309 e. The van der Waals surface area contributed by atoms with Crippen molar-refractivity contribution in [3.8, 4) is 0 Å². The van der Waals surface area contributed by atoms with Crippen LogP contribution in [0.2, 0.25) is 0 Å². The molecule has 2 nitrogen and oxygen atoms in total. The van der Waals surface area contributed by atoms with E-state index in [1.54, 1.807) is 0 Å². The SMILES string of the molecule is C=CCC(=O)OCC(=C)Br. The monoisotopic (exact) mass is 204 g/mol. The third-order valence-corrected chi connectivity index (χ3v) is 0.930. The van der Waals surface area contributed by atoms with Gasteiger partial charge in [-0.15, -0.1) is 6.58 Å². The Hall–Kier alpha value is -0.570. The quantitative estimate of drug-likeness (QED) is 0.518. The summed E-state index contributed by atoms with van der Waals surface area (Å²) in [6.07, 6.45) is 1.75. The largest absolute Gasteiger partial charge is 0.460 e. The van der Waals surface area contributed by atoms with E-state index in [-0.39, 0.29) is 19.0 Å². The third kappa shape index (κ3) is 5.56. The average molecular weight is 205 g/mol. The van der Waals surface area contributed by atoms with Crippen LogP contribution in [0, 0.1) is 0 Å². The molecule has 3 heteroatoms. The van der Waals surface area contributed by atoms with E-state index in [0.29, 0.717) is 4.48 Å². The van der Waals surface area contributed by atoms with Crippen molar-refractivity contribution in [1.29, 1.82) is 0 Å². The number of esters is 1. The molecule has 0 aromatic heterocycles. The Kier molecular flexibility index (Phi) is 4.94. The Morgan fingerprint density at radius 1 is 1.70 bits per heavy atom. The molecule has 0 amide bonds. The standard InChI is InChI=1S/C7H9BrO2/c1-3-4-7(9)10-5-6(2)8/h3H,1-2,4-5H2. The fourth-order valence-corrected chi connectivity index (χ4v) is 0.450. The summed E-state index contributed by atoms with van der Waals surface area (Å²) in [4.78, 5) is 10.6. The highest BCUT2D eigenvalue weighted by Crippen LogP contribution is 2.01. The molecule has 0 saturated heterocycles. The van der Waals surface area contributed by atoms with Crippen LogP contribution in [0.1, 0.15) is 6.42 Å². The summed E-state index contributed by atoms with van der Waals surface area (Å²) in [7, 11) is 0. The minimum absolute atomic E-state index is 0.229. The summed E-state index contributed by atoms with van der Waals surface area (Å²) in [6.45, 7) is 7.12. The van der Waals surface area contributed by atoms with E-state index < -0.39 is 0 Å². The molecule has 0 aromatic carbocycles. The molecule has 0 aliphatic heterocycles. The second-order valence-corrected chi connectivity index (χ2v) is 2.79. The Bertz CT molecular complexity index is 152. The number of ether oxygens (including phenoxy) is 1. The number of carbonyl (C=O) groups is 1. The van der Waals surface area contributed by atoms with E-state index in [1.807, 2.05) is 0 Å². The normalized spacial score (nSPS) is 8.50. The highest BCUT2D eigenvalue weighted by Gasteiger charge is 1.97. The number of carbonyl (C=O) groups excluding carboxylic acids is 1. The summed E-state index contributed by atoms with van der Waals surface area (Å²) < 4.78 is 5.34. The van der Waals surface area contributed by atoms with Crippen LogP contribution in [0.5, 0.6) is 0 Å². The first-order chi connectivity index (χ1) is 4.66. The molecule has 0 atom stereocenters. The second-order valence-electron chi connectivity index (χ2n) is 1.67. The molecule has 0 fully saturated rings. The van der Waals surface area contributed by atoms with Gasteiger partial charge in [0.05, 0.1) is 6.42 Å². The molecule has 0 N–H and O–H groups in total. The van der Waals surface area contributed by atoms with Crippen LogP contribution in [0.3, 0.4) is 0 Å². The van der Waals surface area contributed by atoms with Gasteiger partial charge in [0, 0.05) is 4.48 Å². The molecular weight excluding hydrogens is 196 g/mol. The summed E-state index contributed by atoms with van der Waals surface area (Å²) in [5, 5.41) is 0. The molecule has 0 aromatic rings. The predicted octanol–water partition coefficient (Wildman–Crippen LogP) is 2.01. The first kappa shape index (κ1) is 9.43. The smallest absolute Gasteiger partial charge is 0.309 e. The molecular formula is C7H9BrO2. The zero-order valence-corrected chi connectivity index (χ0v) is 7.19. The van der Waals surface area contributed by atoms with Crippen molar-refractivity contribution >= 4 is 21.9 Å². The molecule has 0 bridgehead atoms. The molecule has 0 radical (unpaired) electrons. The lowest BCUT2D eigenvalue weighted by molar-refractivity contribution is -0.141. The minimum Gasteiger partial charge on any atom is -0.460 e. The van der Waals surface area contributed by atoms with Crippen molar-refractivity contribution in [2.45, 2.75) is 6.42 Å². The second kappa shape index (κ2) is 5.23. The summed E-state index contributed by atoms with van der Waals surface area (Å²) in [5.41, 5.74) is 0. The van der Waals surface area contributed by atoms with Gasteiger partial charge >= 0.3 is 5.97 Å². The van der Waals surface area contributed by atoms with Crippen LogP contribution >= 0.6 is 15.9 Å². The molecule has 0 aliphatic carbocycles. The molecule has 10 heavy (non-hydrogen) atoms. The van der Waals surface area contributed by atoms with Gasteiger partial charge in [0.15, 0.2) is 0 Å². The van der Waals surface area contributed by atoms with Crippen molar-refractivity contribution in [1.82, 2.24) is 0 Å². The molecule has 0 unspecified atom stereocenters. The number of hydrogen-bond donors (Lipinski definition) is 0. The van der Waals surface area contributed by atoms with Gasteiger partial charge in [-0.05, 0) is 0 Å². The molecule has 0 heterocycles. The van der Waals surface area contributed by atoms with Crippen LogP contribution in [0.15, 0.2) is 23.7 Å². The van der Waals surface area contributed by atoms with Gasteiger partial charge in [0.1, 0.15) is 6.61 Å². The van der Waals surface area contributed by atoms with E-state index in [9.17, 15) is 4.79 Å². The van der Waals surface area contributed by atoms with Crippen molar-refractivity contribution in [3.05, 3.63) is 23.7 Å². The fourth-order valence-electron chi connectivity index (χ4n) is 0.336. The maximum atomic E-state index is 10.6. The number of rotatable bonds is 4. The molecule has 56 valence electrons. The third-order valence-electron chi connectivity index (χ3n) is 0.701. The van der Waals surface area contributed by atoms with Crippen molar-refractivity contribution in [2.24, 2.45) is 0 Å². The Balaban J connectivity index is 3.39. The van der Waals surface area contributed by atoms with E-state index in [4.69, 9.17) is 0 Å². The van der Waals surface area contributed by atoms with Gasteiger partial charge in [0.25, 0.3) is 0 Å². The molecule has 0 rings (SSSR count).